The summed E-state index contributed by atoms with van der Waals surface area (Å²) < 4.78 is 28.5. The normalized spacial score (nSPS) is 10.9. The maximum atomic E-state index is 14.4. The number of nitrogens with zero attached hydrogens (tertiary/aromatic N) is 2. The molecule has 8 heteroatoms. The van der Waals surface area contributed by atoms with E-state index in [1.54, 1.807) is 36.5 Å². The number of halogens is 2. The number of rotatable bonds is 5. The van der Waals surface area contributed by atoms with Crippen molar-refractivity contribution < 1.29 is 13.6 Å². The van der Waals surface area contributed by atoms with Gasteiger partial charge in [-0.15, -0.1) is 0 Å². The number of hydrogen-bond donors (Lipinski definition) is 3. The molecule has 0 saturated heterocycles. The Kier molecular flexibility index (Phi) is 4.97. The van der Waals surface area contributed by atoms with Crippen molar-refractivity contribution in [2.45, 2.75) is 6.54 Å². The predicted octanol–water partition coefficient (Wildman–Crippen LogP) is 3.87. The van der Waals surface area contributed by atoms with Crippen molar-refractivity contribution >= 4 is 28.3 Å². The molecule has 2 heterocycles. The third-order valence-corrected chi connectivity index (χ3v) is 4.67. The monoisotopic (exact) mass is 405 g/mol. The van der Waals surface area contributed by atoms with Crippen LogP contribution in [0.15, 0.2) is 60.8 Å². The minimum Gasteiger partial charge on any atom is -0.396 e. The lowest BCUT2D eigenvalue weighted by Gasteiger charge is -2.12. The smallest absolute Gasteiger partial charge is 0.251 e. The minimum absolute atomic E-state index is 0.145. The van der Waals surface area contributed by atoms with Crippen LogP contribution >= 0.6 is 0 Å². The number of hydrogen-bond acceptors (Lipinski definition) is 5. The lowest BCUT2D eigenvalue weighted by Crippen LogP contribution is -2.13. The van der Waals surface area contributed by atoms with Gasteiger partial charge in [-0.3, -0.25) is 9.78 Å². The molecule has 1 amide bonds. The number of anilines is 2. The lowest BCUT2D eigenvalue weighted by atomic mass is 10.1. The van der Waals surface area contributed by atoms with Gasteiger partial charge in [-0.2, -0.15) is 0 Å². The SMILES string of the molecule is NC(=O)c1ccc(-c2ccc(N)c(NCc3cc4cccnc4cc3F)n2)cc1F. The third kappa shape index (κ3) is 3.75. The zero-order valence-corrected chi connectivity index (χ0v) is 15.7. The third-order valence-electron chi connectivity index (χ3n) is 4.67. The molecule has 30 heavy (non-hydrogen) atoms. The number of primary amides is 1. The van der Waals surface area contributed by atoms with E-state index in [-0.39, 0.29) is 12.1 Å². The van der Waals surface area contributed by atoms with Gasteiger partial charge in [0.05, 0.1) is 22.5 Å². The first-order valence-corrected chi connectivity index (χ1v) is 9.05. The van der Waals surface area contributed by atoms with Crippen LogP contribution in [-0.4, -0.2) is 15.9 Å². The summed E-state index contributed by atoms with van der Waals surface area (Å²) in [4.78, 5) is 19.7. The Labute approximate surface area is 170 Å². The van der Waals surface area contributed by atoms with Gasteiger partial charge in [0, 0.05) is 35.3 Å². The Morgan fingerprint density at radius 1 is 1.03 bits per heavy atom. The van der Waals surface area contributed by atoms with E-state index in [2.05, 4.69) is 15.3 Å². The molecule has 0 saturated carbocycles. The lowest BCUT2D eigenvalue weighted by molar-refractivity contribution is 0.0996. The quantitative estimate of drug-likeness (QED) is 0.467. The molecule has 4 aromatic rings. The van der Waals surface area contributed by atoms with Gasteiger partial charge in [0.15, 0.2) is 0 Å². The second-order valence-electron chi connectivity index (χ2n) is 6.69. The summed E-state index contributed by atoms with van der Waals surface area (Å²) >= 11 is 0. The number of carbonyl (C=O) groups excluding carboxylic acids is 1. The molecular formula is C22H17F2N5O. The summed E-state index contributed by atoms with van der Waals surface area (Å²) in [7, 11) is 0. The van der Waals surface area contributed by atoms with Crippen LogP contribution < -0.4 is 16.8 Å². The molecule has 0 aliphatic heterocycles. The average Bonchev–Trinajstić information content (AvgIpc) is 2.73. The van der Waals surface area contributed by atoms with E-state index in [9.17, 15) is 13.6 Å². The first-order valence-electron chi connectivity index (χ1n) is 9.05. The summed E-state index contributed by atoms with van der Waals surface area (Å²) in [6.45, 7) is 0.145. The standard InChI is InChI=1S/C22H17F2N5O/c23-16-10-20-12(2-1-7-27-20)8-14(16)11-28-22-18(25)5-6-19(29-22)13-3-4-15(21(26)30)17(24)9-13/h1-10H,11,25H2,(H2,26,30)(H,28,29). The molecule has 0 spiro atoms. The molecule has 2 aromatic heterocycles. The summed E-state index contributed by atoms with van der Waals surface area (Å²) in [6, 6.07) is 14.0. The highest BCUT2D eigenvalue weighted by molar-refractivity contribution is 5.93. The van der Waals surface area contributed by atoms with Gasteiger partial charge >= 0.3 is 0 Å². The van der Waals surface area contributed by atoms with Crippen LogP contribution in [0.2, 0.25) is 0 Å². The minimum atomic E-state index is -0.848. The van der Waals surface area contributed by atoms with E-state index in [0.29, 0.717) is 33.8 Å². The highest BCUT2D eigenvalue weighted by Crippen LogP contribution is 2.26. The van der Waals surface area contributed by atoms with Gasteiger partial charge < -0.3 is 16.8 Å². The predicted molar refractivity (Wildman–Crippen MR) is 112 cm³/mol. The van der Waals surface area contributed by atoms with Gasteiger partial charge in [0.25, 0.3) is 5.91 Å². The molecule has 0 atom stereocenters. The van der Waals surface area contributed by atoms with Crippen molar-refractivity contribution in [3.63, 3.8) is 0 Å². The van der Waals surface area contributed by atoms with Gasteiger partial charge in [0.1, 0.15) is 17.5 Å². The van der Waals surface area contributed by atoms with Crippen LogP contribution in [0.1, 0.15) is 15.9 Å². The molecule has 150 valence electrons. The maximum Gasteiger partial charge on any atom is 0.251 e. The summed E-state index contributed by atoms with van der Waals surface area (Å²) in [6.07, 6.45) is 1.61. The largest absolute Gasteiger partial charge is 0.396 e. The number of nitrogens with two attached hydrogens (primary N) is 2. The Bertz CT molecular complexity index is 1280. The van der Waals surface area contributed by atoms with Crippen LogP contribution in [0.25, 0.3) is 22.2 Å². The molecule has 6 nitrogen and oxygen atoms in total. The fraction of sp³-hybridized carbons (Fsp3) is 0.0455. The fourth-order valence-corrected chi connectivity index (χ4v) is 3.10. The van der Waals surface area contributed by atoms with Crippen molar-refractivity contribution in [3.8, 4) is 11.3 Å². The van der Waals surface area contributed by atoms with Crippen molar-refractivity contribution in [2.75, 3.05) is 11.1 Å². The summed E-state index contributed by atoms with van der Waals surface area (Å²) in [5.74, 6) is -1.65. The zero-order valence-electron chi connectivity index (χ0n) is 15.7. The fourth-order valence-electron chi connectivity index (χ4n) is 3.10. The van der Waals surface area contributed by atoms with Crippen LogP contribution in [0, 0.1) is 11.6 Å². The number of amides is 1. The topological polar surface area (TPSA) is 107 Å². The second kappa shape index (κ2) is 7.75. The first kappa shape index (κ1) is 19.3. The van der Waals surface area contributed by atoms with Crippen LogP contribution in [0.5, 0.6) is 0 Å². The molecule has 5 N–H and O–H groups in total. The highest BCUT2D eigenvalue weighted by atomic mass is 19.1. The van der Waals surface area contributed by atoms with Gasteiger partial charge in [-0.25, -0.2) is 13.8 Å². The van der Waals surface area contributed by atoms with Crippen molar-refractivity contribution in [3.05, 3.63) is 83.6 Å². The molecule has 0 aliphatic carbocycles. The van der Waals surface area contributed by atoms with E-state index >= 15 is 0 Å². The maximum absolute atomic E-state index is 14.4. The Hall–Kier alpha value is -4.07. The number of nitrogens with one attached hydrogen (secondary N) is 1. The Morgan fingerprint density at radius 2 is 1.87 bits per heavy atom. The van der Waals surface area contributed by atoms with E-state index < -0.39 is 17.5 Å². The molecule has 0 unspecified atom stereocenters. The first-order chi connectivity index (χ1) is 14.4. The molecule has 0 radical (unpaired) electrons. The number of fused-ring (bicyclic) bond motifs is 1. The number of pyridine rings is 2. The van der Waals surface area contributed by atoms with E-state index in [1.807, 2.05) is 6.07 Å². The van der Waals surface area contributed by atoms with Crippen LogP contribution in [0.4, 0.5) is 20.3 Å². The van der Waals surface area contributed by atoms with Crippen LogP contribution in [-0.2, 0) is 6.54 Å². The van der Waals surface area contributed by atoms with Gasteiger partial charge in [-0.05, 0) is 36.4 Å². The van der Waals surface area contributed by atoms with Crippen molar-refractivity contribution in [1.82, 2.24) is 9.97 Å². The van der Waals surface area contributed by atoms with Gasteiger partial charge in [-0.1, -0.05) is 12.1 Å². The summed E-state index contributed by atoms with van der Waals surface area (Å²) in [5.41, 5.74) is 13.2. The number of carbonyl (C=O) groups is 1. The number of nitrogen functional groups attached to an aromatic ring is 1. The molecular weight excluding hydrogens is 388 g/mol. The summed E-state index contributed by atoms with van der Waals surface area (Å²) in [5, 5.41) is 3.84. The second-order valence-corrected chi connectivity index (χ2v) is 6.69. The molecule has 0 fully saturated rings. The number of benzene rings is 2. The van der Waals surface area contributed by atoms with Crippen molar-refractivity contribution in [2.24, 2.45) is 5.73 Å². The highest BCUT2D eigenvalue weighted by Gasteiger charge is 2.12. The van der Waals surface area contributed by atoms with E-state index in [1.165, 1.54) is 18.2 Å². The van der Waals surface area contributed by atoms with E-state index in [4.69, 9.17) is 11.5 Å². The van der Waals surface area contributed by atoms with E-state index in [0.717, 1.165) is 5.39 Å². The molecule has 0 bridgehead atoms. The zero-order chi connectivity index (χ0) is 21.3. The Balaban J connectivity index is 1.61. The molecule has 4 rings (SSSR count). The number of aromatic nitrogens is 2. The molecule has 2 aromatic carbocycles. The van der Waals surface area contributed by atoms with Crippen LogP contribution in [0.3, 0.4) is 0 Å². The Morgan fingerprint density at radius 3 is 2.63 bits per heavy atom. The molecule has 0 aliphatic rings. The van der Waals surface area contributed by atoms with Gasteiger partial charge in [0.2, 0.25) is 0 Å². The van der Waals surface area contributed by atoms with Crippen molar-refractivity contribution in [1.29, 1.82) is 0 Å². The average molecular weight is 405 g/mol.